The van der Waals surface area contributed by atoms with Crippen LogP contribution >= 0.6 is 45.3 Å². The summed E-state index contributed by atoms with van der Waals surface area (Å²) >= 11 is 5.97. The fraction of sp³-hybridized carbons (Fsp3) is 0.302. The van der Waals surface area contributed by atoms with Crippen molar-refractivity contribution in [3.8, 4) is 56.3 Å². The maximum Gasteiger partial charge on any atom is 0.294 e. The van der Waals surface area contributed by atoms with Gasteiger partial charge in [-0.3, -0.25) is 4.90 Å². The van der Waals surface area contributed by atoms with Crippen molar-refractivity contribution in [1.29, 1.82) is 0 Å². The van der Waals surface area contributed by atoms with Gasteiger partial charge >= 0.3 is 0 Å². The molecule has 1 atom stereocenters. The average molecular weight is 953 g/mol. The summed E-state index contributed by atoms with van der Waals surface area (Å²) in [6.07, 6.45) is 4.55. The van der Waals surface area contributed by atoms with E-state index in [0.29, 0.717) is 90.6 Å². The molecule has 334 valence electrons. The molecule has 10 aromatic rings. The molecule has 0 spiro atoms. The van der Waals surface area contributed by atoms with Crippen LogP contribution in [0.15, 0.2) is 68.4 Å². The molecule has 0 N–H and O–H groups in total. The monoisotopic (exact) mass is 952 g/mol. The summed E-state index contributed by atoms with van der Waals surface area (Å²) in [5.74, 6) is 3.70. The maximum absolute atomic E-state index is 6.38. The van der Waals surface area contributed by atoms with Crippen molar-refractivity contribution in [1.82, 2.24) is 44.1 Å². The zero-order chi connectivity index (χ0) is 44.2. The van der Waals surface area contributed by atoms with E-state index < -0.39 is 0 Å². The van der Waals surface area contributed by atoms with Gasteiger partial charge in [-0.05, 0) is 48.3 Å². The number of hydrogen-bond acceptors (Lipinski definition) is 20. The van der Waals surface area contributed by atoms with Gasteiger partial charge in [0.1, 0.15) is 65.4 Å². The maximum atomic E-state index is 6.38. The summed E-state index contributed by atoms with van der Waals surface area (Å²) < 4.78 is 51.2. The molecule has 22 heteroatoms. The van der Waals surface area contributed by atoms with Gasteiger partial charge < -0.3 is 42.2 Å². The number of piperazine rings is 1. The minimum atomic E-state index is 0.108. The SMILES string of the molecule is CCc1nc(COc2cc(OC)cc3oc(-c4cn5nc(OCC6CN(c7nc(COc8cc(OC)cc9oc(-c%10cn%11nc(OC)sc%11n%10)cc89)cs7)CCN6C)sc5n4)cc23)cs1. The fourth-order valence-electron chi connectivity index (χ4n) is 7.49. The van der Waals surface area contributed by atoms with Crippen molar-refractivity contribution in [2.45, 2.75) is 32.6 Å². The van der Waals surface area contributed by atoms with Crippen LogP contribution in [0.5, 0.6) is 33.4 Å². The van der Waals surface area contributed by atoms with Crippen LogP contribution in [-0.4, -0.2) is 105 Å². The molecule has 0 saturated carbocycles. The lowest BCUT2D eigenvalue weighted by Gasteiger charge is -2.38. The second kappa shape index (κ2) is 17.2. The van der Waals surface area contributed by atoms with E-state index in [1.54, 1.807) is 53.0 Å². The standard InChI is InChI=1S/C43H40N10O8S4/c1-6-38-44-23(21-62-38)18-57-32-9-26(54-3)11-34-28(32)13-37(61-34)31-17-53-41(47-31)65-43(49-53)59-20-25-15-51(8-7-50(25)2)39-45-24(22-63-39)19-58-33-10-27(55-4)12-35-29(33)14-36(60-35)30-16-52-40(46-30)64-42(48-52)56-5/h9-14,16-17,21-22,25H,6-8,15,18-20H2,1-5H3. The molecule has 1 fully saturated rings. The van der Waals surface area contributed by atoms with Gasteiger partial charge in [0.25, 0.3) is 10.4 Å². The minimum Gasteiger partial charge on any atom is -0.496 e. The third-order valence-corrected chi connectivity index (χ3v) is 14.7. The number of aromatic nitrogens is 8. The van der Waals surface area contributed by atoms with Crippen molar-refractivity contribution in [3.63, 3.8) is 0 Å². The average Bonchev–Trinajstić information content (AvgIpc) is 4.17. The minimum absolute atomic E-state index is 0.108. The molecule has 0 bridgehead atoms. The molecule has 0 aliphatic carbocycles. The van der Waals surface area contributed by atoms with Crippen molar-refractivity contribution in [2.75, 3.05) is 59.5 Å². The van der Waals surface area contributed by atoms with E-state index in [4.69, 9.17) is 52.3 Å². The predicted molar refractivity (Wildman–Crippen MR) is 248 cm³/mol. The van der Waals surface area contributed by atoms with Crippen molar-refractivity contribution < 1.29 is 37.3 Å². The Morgan fingerprint density at radius 3 is 1.86 bits per heavy atom. The molecule has 1 aliphatic rings. The predicted octanol–water partition coefficient (Wildman–Crippen LogP) is 8.58. The Labute approximate surface area is 386 Å². The number of methoxy groups -OCH3 is 3. The molecule has 1 unspecified atom stereocenters. The molecule has 65 heavy (non-hydrogen) atoms. The fourth-order valence-corrected chi connectivity index (χ4v) is 10.5. The summed E-state index contributed by atoms with van der Waals surface area (Å²) in [7, 11) is 6.94. The van der Waals surface area contributed by atoms with Gasteiger partial charge in [0.05, 0.1) is 66.9 Å². The first kappa shape index (κ1) is 41.3. The first-order chi connectivity index (χ1) is 31.8. The van der Waals surface area contributed by atoms with E-state index in [1.165, 1.54) is 22.7 Å². The van der Waals surface area contributed by atoms with E-state index in [9.17, 15) is 0 Å². The van der Waals surface area contributed by atoms with E-state index in [1.807, 2.05) is 59.6 Å². The number of nitrogens with zero attached hydrogens (tertiary/aromatic N) is 10. The Morgan fingerprint density at radius 2 is 1.28 bits per heavy atom. The van der Waals surface area contributed by atoms with E-state index in [-0.39, 0.29) is 12.6 Å². The largest absolute Gasteiger partial charge is 0.496 e. The number of thiazole rings is 2. The van der Waals surface area contributed by atoms with Gasteiger partial charge in [0.2, 0.25) is 9.92 Å². The third kappa shape index (κ3) is 8.15. The first-order valence-electron chi connectivity index (χ1n) is 20.5. The highest BCUT2D eigenvalue weighted by Crippen LogP contribution is 2.40. The highest BCUT2D eigenvalue weighted by atomic mass is 32.1. The summed E-state index contributed by atoms with van der Waals surface area (Å²) in [6, 6.07) is 11.4. The molecular formula is C43H40N10O8S4. The molecule has 2 aromatic carbocycles. The Morgan fingerprint density at radius 1 is 0.677 bits per heavy atom. The van der Waals surface area contributed by atoms with Gasteiger partial charge in [-0.15, -0.1) is 32.9 Å². The topological polar surface area (TPSA) is 174 Å². The number of hydrogen-bond donors (Lipinski definition) is 0. The molecule has 18 nitrogen and oxygen atoms in total. The lowest BCUT2D eigenvalue weighted by atomic mass is 10.2. The number of likely N-dealkylation sites (N-methyl/N-ethyl adjacent to an activating group) is 1. The van der Waals surface area contributed by atoms with Crippen LogP contribution in [0.4, 0.5) is 5.13 Å². The zero-order valence-electron chi connectivity index (χ0n) is 35.7. The summed E-state index contributed by atoms with van der Waals surface area (Å²) in [5.41, 5.74) is 4.27. The number of fused-ring (bicyclic) bond motifs is 4. The van der Waals surface area contributed by atoms with Crippen LogP contribution in [0.3, 0.4) is 0 Å². The summed E-state index contributed by atoms with van der Waals surface area (Å²) in [6.45, 7) is 5.59. The first-order valence-corrected chi connectivity index (χ1v) is 23.9. The van der Waals surface area contributed by atoms with Crippen LogP contribution in [-0.2, 0) is 19.6 Å². The number of ether oxygens (including phenoxy) is 6. The molecule has 8 aromatic heterocycles. The summed E-state index contributed by atoms with van der Waals surface area (Å²) in [5, 5.41) is 17.8. The van der Waals surface area contributed by atoms with Gasteiger partial charge in [-0.25, -0.2) is 29.0 Å². The van der Waals surface area contributed by atoms with Gasteiger partial charge in [-0.1, -0.05) is 6.92 Å². The number of imidazole rings is 2. The number of benzene rings is 2. The van der Waals surface area contributed by atoms with Crippen LogP contribution in [0.2, 0.25) is 0 Å². The van der Waals surface area contributed by atoms with Crippen LogP contribution in [0.25, 0.3) is 54.8 Å². The van der Waals surface area contributed by atoms with Crippen LogP contribution in [0.1, 0.15) is 23.3 Å². The Kier molecular flexibility index (Phi) is 10.9. The molecule has 9 heterocycles. The van der Waals surface area contributed by atoms with E-state index in [2.05, 4.69) is 38.8 Å². The summed E-state index contributed by atoms with van der Waals surface area (Å²) in [4.78, 5) is 25.1. The van der Waals surface area contributed by atoms with Gasteiger partial charge in [0.15, 0.2) is 16.7 Å². The lowest BCUT2D eigenvalue weighted by molar-refractivity contribution is 0.147. The second-order valence-corrected chi connectivity index (χ2v) is 18.7. The smallest absolute Gasteiger partial charge is 0.294 e. The van der Waals surface area contributed by atoms with Gasteiger partial charge in [-0.2, -0.15) is 0 Å². The highest BCUT2D eigenvalue weighted by Gasteiger charge is 2.28. The Balaban J connectivity index is 0.728. The zero-order valence-corrected chi connectivity index (χ0v) is 38.9. The number of rotatable bonds is 16. The highest BCUT2D eigenvalue weighted by molar-refractivity contribution is 7.18. The van der Waals surface area contributed by atoms with E-state index >= 15 is 0 Å². The van der Waals surface area contributed by atoms with Crippen molar-refractivity contribution in [2.24, 2.45) is 0 Å². The molecular weight excluding hydrogens is 913 g/mol. The van der Waals surface area contributed by atoms with Crippen molar-refractivity contribution >= 4 is 82.3 Å². The Hall–Kier alpha value is -6.46. The molecule has 1 saturated heterocycles. The Bertz CT molecular complexity index is 3240. The number of anilines is 1. The number of aryl methyl sites for hydroxylation is 1. The molecule has 1 aliphatic heterocycles. The van der Waals surface area contributed by atoms with Gasteiger partial charge in [0, 0.05) is 54.7 Å². The van der Waals surface area contributed by atoms with Crippen LogP contribution in [0, 0.1) is 0 Å². The van der Waals surface area contributed by atoms with Crippen molar-refractivity contribution in [3.05, 3.63) is 75.9 Å². The molecule has 11 rings (SSSR count). The third-order valence-electron chi connectivity index (χ3n) is 11.0. The second-order valence-electron chi connectivity index (χ2n) is 15.1. The molecule has 0 amide bonds. The van der Waals surface area contributed by atoms with Crippen LogP contribution < -0.4 is 33.3 Å². The number of furan rings is 2. The van der Waals surface area contributed by atoms with E-state index in [0.717, 1.165) is 58.4 Å². The normalized spacial score (nSPS) is 14.7. The molecule has 0 radical (unpaired) electrons. The quantitative estimate of drug-likeness (QED) is 0.0900. The lowest BCUT2D eigenvalue weighted by Crippen LogP contribution is -2.53.